The maximum Gasteiger partial charge on any atom is 0.349 e. The number of benzene rings is 1. The van der Waals surface area contributed by atoms with Crippen LogP contribution in [-0.2, 0) is 10.7 Å². The minimum Gasteiger partial charge on any atom is -0.497 e. The first-order chi connectivity index (χ1) is 10.1. The molecular formula is C15H22F2N2O3. The number of aliphatic hydroxyl groups is 1. The minimum atomic E-state index is -3.68. The fourth-order valence-electron chi connectivity index (χ4n) is 2.05. The number of alkyl halides is 2. The van der Waals surface area contributed by atoms with E-state index in [1.807, 2.05) is 0 Å². The van der Waals surface area contributed by atoms with Gasteiger partial charge in [-0.3, -0.25) is 4.79 Å². The predicted molar refractivity (Wildman–Crippen MR) is 79.1 cm³/mol. The van der Waals surface area contributed by atoms with Crippen LogP contribution < -0.4 is 10.1 Å². The summed E-state index contributed by atoms with van der Waals surface area (Å²) < 4.78 is 33.0. The third-order valence-electron chi connectivity index (χ3n) is 3.02. The number of carbonyl (C=O) groups excluding carboxylic acids is 1. The van der Waals surface area contributed by atoms with Crippen molar-refractivity contribution in [1.82, 2.24) is 10.2 Å². The van der Waals surface area contributed by atoms with Crippen molar-refractivity contribution in [3.05, 3.63) is 29.8 Å². The van der Waals surface area contributed by atoms with Gasteiger partial charge in [-0.1, -0.05) is 0 Å². The van der Waals surface area contributed by atoms with Crippen molar-refractivity contribution < 1.29 is 23.4 Å². The Morgan fingerprint density at radius 1 is 1.32 bits per heavy atom. The third-order valence-corrected chi connectivity index (χ3v) is 3.02. The van der Waals surface area contributed by atoms with Crippen LogP contribution in [0, 0.1) is 0 Å². The van der Waals surface area contributed by atoms with Crippen LogP contribution in [0.1, 0.15) is 12.5 Å². The molecule has 0 heterocycles. The van der Waals surface area contributed by atoms with Crippen LogP contribution in [0.3, 0.4) is 0 Å². The molecule has 0 aliphatic rings. The number of ether oxygens (including phenoxy) is 1. The number of amides is 1. The Balaban J connectivity index is 2.73. The number of methoxy groups -OCH3 is 1. The summed E-state index contributed by atoms with van der Waals surface area (Å²) in [6.07, 6.45) is 0. The summed E-state index contributed by atoms with van der Waals surface area (Å²) in [6, 6.07) is 4.99. The molecular weight excluding hydrogens is 294 g/mol. The van der Waals surface area contributed by atoms with Gasteiger partial charge in [-0.2, -0.15) is 8.78 Å². The zero-order chi connectivity index (χ0) is 17.0. The van der Waals surface area contributed by atoms with E-state index in [4.69, 9.17) is 4.74 Å². The molecule has 0 spiro atoms. The average Bonchev–Trinajstić information content (AvgIpc) is 2.43. The maximum absolute atomic E-state index is 14.1. The van der Waals surface area contributed by atoms with Crippen molar-refractivity contribution in [1.29, 1.82) is 0 Å². The van der Waals surface area contributed by atoms with E-state index in [2.05, 4.69) is 5.32 Å². The van der Waals surface area contributed by atoms with Gasteiger partial charge in [0.1, 0.15) is 5.75 Å². The molecule has 0 aliphatic carbocycles. The molecule has 22 heavy (non-hydrogen) atoms. The highest BCUT2D eigenvalue weighted by molar-refractivity contribution is 5.84. The van der Waals surface area contributed by atoms with Crippen molar-refractivity contribution in [2.24, 2.45) is 0 Å². The maximum atomic E-state index is 14.1. The largest absolute Gasteiger partial charge is 0.497 e. The van der Waals surface area contributed by atoms with Gasteiger partial charge in [-0.15, -0.1) is 0 Å². The monoisotopic (exact) mass is 316 g/mol. The van der Waals surface area contributed by atoms with Crippen molar-refractivity contribution in [2.45, 2.75) is 18.4 Å². The lowest BCUT2D eigenvalue weighted by Gasteiger charge is -2.28. The van der Waals surface area contributed by atoms with Crippen LogP contribution in [0.15, 0.2) is 24.3 Å². The Kier molecular flexibility index (Phi) is 5.85. The molecule has 0 bridgehead atoms. The summed E-state index contributed by atoms with van der Waals surface area (Å²) in [4.78, 5) is 13.4. The molecule has 7 heteroatoms. The molecule has 0 aliphatic heterocycles. The minimum absolute atomic E-state index is 0.237. The lowest BCUT2D eigenvalue weighted by atomic mass is 10.1. The summed E-state index contributed by atoms with van der Waals surface area (Å²) in [5.74, 6) is -4.70. The number of nitrogens with one attached hydrogen (secondary N) is 1. The molecule has 0 fully saturated rings. The van der Waals surface area contributed by atoms with Gasteiger partial charge in [0.05, 0.1) is 12.7 Å². The molecule has 124 valence electrons. The second-order valence-corrected chi connectivity index (χ2v) is 5.72. The van der Waals surface area contributed by atoms with Gasteiger partial charge >= 0.3 is 5.92 Å². The molecule has 1 amide bonds. The first-order valence-electron chi connectivity index (χ1n) is 6.76. The summed E-state index contributed by atoms with van der Waals surface area (Å²) in [5.41, 5.74) is -1.73. The van der Waals surface area contributed by atoms with Crippen molar-refractivity contribution in [3.8, 4) is 5.75 Å². The third kappa shape index (κ3) is 4.92. The summed E-state index contributed by atoms with van der Waals surface area (Å²) in [6.45, 7) is 1.44. The standard InChI is InChI=1S/C15H22F2N2O3/c1-14(21,10-19(2)3)9-18-13(20)15(16,17)11-5-7-12(22-4)8-6-11/h5-8,21H,9-10H2,1-4H3,(H,18,20). The first-order valence-corrected chi connectivity index (χ1v) is 6.76. The predicted octanol–water partition coefficient (Wildman–Crippen LogP) is 1.22. The number of hydrogen-bond donors (Lipinski definition) is 2. The van der Waals surface area contributed by atoms with Gasteiger partial charge < -0.3 is 20.1 Å². The zero-order valence-electron chi connectivity index (χ0n) is 13.2. The van der Waals surface area contributed by atoms with Gasteiger partial charge in [0.2, 0.25) is 0 Å². The van der Waals surface area contributed by atoms with Crippen molar-refractivity contribution >= 4 is 5.91 Å². The lowest BCUT2D eigenvalue weighted by Crippen LogP contribution is -2.50. The highest BCUT2D eigenvalue weighted by atomic mass is 19.3. The number of nitrogens with zero attached hydrogens (tertiary/aromatic N) is 1. The second-order valence-electron chi connectivity index (χ2n) is 5.72. The zero-order valence-corrected chi connectivity index (χ0v) is 13.2. The Labute approximate surface area is 128 Å². The van der Waals surface area contributed by atoms with Crippen LogP contribution in [0.25, 0.3) is 0 Å². The molecule has 2 N–H and O–H groups in total. The smallest absolute Gasteiger partial charge is 0.349 e. The molecule has 0 aromatic heterocycles. The van der Waals surface area contributed by atoms with E-state index < -0.39 is 23.0 Å². The molecule has 1 atom stereocenters. The Bertz CT molecular complexity index is 502. The van der Waals surface area contributed by atoms with E-state index in [1.54, 1.807) is 19.0 Å². The SMILES string of the molecule is COc1ccc(C(F)(F)C(=O)NCC(C)(O)CN(C)C)cc1. The molecule has 0 saturated carbocycles. The normalized spacial score (nSPS) is 14.5. The molecule has 1 rings (SSSR count). The number of halogens is 2. The highest BCUT2D eigenvalue weighted by Crippen LogP contribution is 2.29. The number of rotatable bonds is 7. The molecule has 0 radical (unpaired) electrons. The van der Waals surface area contributed by atoms with Crippen LogP contribution >= 0.6 is 0 Å². The van der Waals surface area contributed by atoms with E-state index in [1.165, 1.54) is 26.2 Å². The van der Waals surface area contributed by atoms with Crippen LogP contribution in [-0.4, -0.2) is 55.8 Å². The summed E-state index contributed by atoms with van der Waals surface area (Å²) in [7, 11) is 4.90. The molecule has 0 saturated heterocycles. The van der Waals surface area contributed by atoms with Gasteiger partial charge in [0, 0.05) is 18.7 Å². The van der Waals surface area contributed by atoms with E-state index in [9.17, 15) is 18.7 Å². The topological polar surface area (TPSA) is 61.8 Å². The van der Waals surface area contributed by atoms with Crippen LogP contribution in [0.5, 0.6) is 5.75 Å². The van der Waals surface area contributed by atoms with E-state index in [-0.39, 0.29) is 13.1 Å². The fraction of sp³-hybridized carbons (Fsp3) is 0.533. The Morgan fingerprint density at radius 3 is 2.32 bits per heavy atom. The van der Waals surface area contributed by atoms with Crippen molar-refractivity contribution in [2.75, 3.05) is 34.3 Å². The molecule has 1 aromatic carbocycles. The van der Waals surface area contributed by atoms with Crippen molar-refractivity contribution in [3.63, 3.8) is 0 Å². The van der Waals surface area contributed by atoms with Gasteiger partial charge in [-0.05, 0) is 45.3 Å². The Morgan fingerprint density at radius 2 is 1.86 bits per heavy atom. The average molecular weight is 316 g/mol. The number of carbonyl (C=O) groups is 1. The molecule has 5 nitrogen and oxygen atoms in total. The van der Waals surface area contributed by atoms with E-state index >= 15 is 0 Å². The fourth-order valence-corrected chi connectivity index (χ4v) is 2.05. The summed E-state index contributed by atoms with van der Waals surface area (Å²) in [5, 5.41) is 12.1. The van der Waals surface area contributed by atoms with Gasteiger partial charge in [0.15, 0.2) is 0 Å². The molecule has 1 aromatic rings. The first kappa shape index (κ1) is 18.3. The molecule has 1 unspecified atom stereocenters. The number of hydrogen-bond acceptors (Lipinski definition) is 4. The van der Waals surface area contributed by atoms with Gasteiger partial charge in [-0.25, -0.2) is 0 Å². The number of likely N-dealkylation sites (N-methyl/N-ethyl adjacent to an activating group) is 1. The van der Waals surface area contributed by atoms with Crippen LogP contribution in [0.2, 0.25) is 0 Å². The van der Waals surface area contributed by atoms with E-state index in [0.29, 0.717) is 5.75 Å². The van der Waals surface area contributed by atoms with Crippen LogP contribution in [0.4, 0.5) is 8.78 Å². The van der Waals surface area contributed by atoms with Gasteiger partial charge in [0.25, 0.3) is 5.91 Å². The Hall–Kier alpha value is -1.73. The van der Waals surface area contributed by atoms with E-state index in [0.717, 1.165) is 12.1 Å². The quantitative estimate of drug-likeness (QED) is 0.794. The lowest BCUT2D eigenvalue weighted by molar-refractivity contribution is -0.148. The summed E-state index contributed by atoms with van der Waals surface area (Å²) >= 11 is 0. The highest BCUT2D eigenvalue weighted by Gasteiger charge is 2.41. The second kappa shape index (κ2) is 7.02.